The quantitative estimate of drug-likeness (QED) is 0.333. The molecule has 0 fully saturated rings. The molecule has 0 unspecified atom stereocenters. The summed E-state index contributed by atoms with van der Waals surface area (Å²) in [6.45, 7) is 12.7. The van der Waals surface area contributed by atoms with Crippen molar-refractivity contribution in [2.75, 3.05) is 13.3 Å². The lowest BCUT2D eigenvalue weighted by atomic mass is 10.6. The van der Waals surface area contributed by atoms with Crippen molar-refractivity contribution in [1.82, 2.24) is 5.32 Å². The Kier molecular flexibility index (Phi) is 21.5. The van der Waals surface area contributed by atoms with E-state index in [1.54, 1.807) is 6.92 Å². The van der Waals surface area contributed by atoms with Crippen LogP contribution < -0.4 is 5.32 Å². The van der Waals surface area contributed by atoms with E-state index < -0.39 is 0 Å². The highest BCUT2D eigenvalue weighted by atomic mass is 16.5. The van der Waals surface area contributed by atoms with E-state index in [1.165, 1.54) is 6.92 Å². The molecular weight excluding hydrogens is 266 g/mol. The zero-order valence-corrected chi connectivity index (χ0v) is 11.8. The van der Waals surface area contributed by atoms with Gasteiger partial charge < -0.3 is 19.9 Å². The number of ether oxygens (including phenoxy) is 2. The van der Waals surface area contributed by atoms with Crippen molar-refractivity contribution in [3.05, 3.63) is 38.2 Å². The third-order valence-electron chi connectivity index (χ3n) is 1.14. The summed E-state index contributed by atoms with van der Waals surface area (Å²) in [7, 11) is 0. The first-order chi connectivity index (χ1) is 9.39. The Hall–Kier alpha value is -2.41. The van der Waals surface area contributed by atoms with Gasteiger partial charge >= 0.3 is 11.9 Å². The van der Waals surface area contributed by atoms with Gasteiger partial charge in [0.05, 0.1) is 12.9 Å². The Morgan fingerprint density at radius 2 is 1.75 bits per heavy atom. The summed E-state index contributed by atoms with van der Waals surface area (Å²) in [6.07, 6.45) is 3.34. The Balaban J connectivity index is -0.000000218. The van der Waals surface area contributed by atoms with E-state index in [-0.39, 0.29) is 24.6 Å². The highest BCUT2D eigenvalue weighted by Crippen LogP contribution is 1.74. The molecule has 7 heteroatoms. The molecule has 0 spiro atoms. The number of carbonyl (C=O) groups excluding carboxylic acids is 3. The molecule has 0 aromatic rings. The van der Waals surface area contributed by atoms with E-state index >= 15 is 0 Å². The lowest BCUT2D eigenvalue weighted by molar-refractivity contribution is -0.137. The number of aliphatic hydroxyl groups is 1. The van der Waals surface area contributed by atoms with Crippen molar-refractivity contribution in [2.45, 2.75) is 13.8 Å². The Morgan fingerprint density at radius 3 is 1.85 bits per heavy atom. The van der Waals surface area contributed by atoms with Crippen LogP contribution >= 0.6 is 0 Å². The molecular formula is C13H21NO6. The Morgan fingerprint density at radius 1 is 1.20 bits per heavy atom. The molecule has 0 aliphatic heterocycles. The molecule has 0 heterocycles. The molecule has 0 atom stereocenters. The molecule has 0 aliphatic carbocycles. The number of hydrogen-bond donors (Lipinski definition) is 2. The summed E-state index contributed by atoms with van der Waals surface area (Å²) in [5, 5.41) is 10.1. The van der Waals surface area contributed by atoms with Gasteiger partial charge in [0.2, 0.25) is 5.91 Å². The highest BCUT2D eigenvalue weighted by molar-refractivity contribution is 5.86. The molecule has 0 bridgehead atoms. The largest absolute Gasteiger partial charge is 0.463 e. The zero-order chi connectivity index (χ0) is 16.4. The maximum atomic E-state index is 10.1. The number of amides is 1. The van der Waals surface area contributed by atoms with Crippen LogP contribution in [0.3, 0.4) is 0 Å². The summed E-state index contributed by atoms with van der Waals surface area (Å²) in [4.78, 5) is 29.8. The summed E-state index contributed by atoms with van der Waals surface area (Å²) in [6, 6.07) is 0. The molecule has 114 valence electrons. The average molecular weight is 287 g/mol. The maximum Gasteiger partial charge on any atom is 0.330 e. The number of esters is 2. The minimum absolute atomic E-state index is 0.329. The molecule has 0 aromatic heterocycles. The van der Waals surface area contributed by atoms with Crippen molar-refractivity contribution in [2.24, 2.45) is 0 Å². The van der Waals surface area contributed by atoms with Gasteiger partial charge in [-0.05, 0) is 13.0 Å². The molecule has 1 amide bonds. The van der Waals surface area contributed by atoms with Crippen molar-refractivity contribution in [3.63, 3.8) is 0 Å². The topological polar surface area (TPSA) is 102 Å². The van der Waals surface area contributed by atoms with Gasteiger partial charge in [-0.15, -0.1) is 0 Å². The van der Waals surface area contributed by atoms with Gasteiger partial charge in [0, 0.05) is 13.0 Å². The standard InChI is InChI=1S/C5H8O2.C4H7NO2.C4H6O2/c1-3-5(6)7-4-2;1-2-4(7)5-3-6;1-3-6-4(2)5/h3H,1,4H2,2H3;2,6H,1,3H2,(H,5,7);3H,1H2,2H3. The molecule has 20 heavy (non-hydrogen) atoms. The molecule has 0 aliphatic rings. The summed E-state index contributed by atoms with van der Waals surface area (Å²) in [5.41, 5.74) is 0. The van der Waals surface area contributed by atoms with Crippen LogP contribution in [-0.2, 0) is 23.9 Å². The van der Waals surface area contributed by atoms with Crippen molar-refractivity contribution in [1.29, 1.82) is 0 Å². The van der Waals surface area contributed by atoms with Gasteiger partial charge in [0.1, 0.15) is 6.73 Å². The summed E-state index contributed by atoms with van der Waals surface area (Å²) in [5.74, 6) is -1.05. The fraction of sp³-hybridized carbons (Fsp3) is 0.308. The van der Waals surface area contributed by atoms with Crippen LogP contribution in [0.2, 0.25) is 0 Å². The van der Waals surface area contributed by atoms with E-state index in [0.29, 0.717) is 6.61 Å². The van der Waals surface area contributed by atoms with E-state index in [0.717, 1.165) is 18.4 Å². The molecule has 7 nitrogen and oxygen atoms in total. The Bertz CT molecular complexity index is 303. The van der Waals surface area contributed by atoms with Crippen LogP contribution in [0.15, 0.2) is 38.2 Å². The van der Waals surface area contributed by atoms with Gasteiger partial charge in [-0.2, -0.15) is 0 Å². The number of rotatable bonds is 5. The molecule has 2 N–H and O–H groups in total. The van der Waals surface area contributed by atoms with E-state index in [4.69, 9.17) is 5.11 Å². The lowest BCUT2D eigenvalue weighted by Gasteiger charge is -1.90. The van der Waals surface area contributed by atoms with Gasteiger partial charge in [0.15, 0.2) is 0 Å². The van der Waals surface area contributed by atoms with Crippen molar-refractivity contribution < 1.29 is 29.0 Å². The van der Waals surface area contributed by atoms with Crippen molar-refractivity contribution in [3.8, 4) is 0 Å². The number of nitrogens with one attached hydrogen (secondary N) is 1. The zero-order valence-electron chi connectivity index (χ0n) is 11.8. The van der Waals surface area contributed by atoms with Crippen molar-refractivity contribution >= 4 is 17.8 Å². The van der Waals surface area contributed by atoms with Gasteiger partial charge in [-0.25, -0.2) is 4.79 Å². The molecule has 0 rings (SSSR count). The van der Waals surface area contributed by atoms with Crippen LogP contribution in [-0.4, -0.2) is 36.3 Å². The van der Waals surface area contributed by atoms with Crippen LogP contribution in [0.4, 0.5) is 0 Å². The fourth-order valence-corrected chi connectivity index (χ4v) is 0.469. The number of aliphatic hydroxyl groups excluding tert-OH is 1. The third kappa shape index (κ3) is 29.6. The minimum Gasteiger partial charge on any atom is -0.463 e. The van der Waals surface area contributed by atoms with Crippen LogP contribution in [0.1, 0.15) is 13.8 Å². The smallest absolute Gasteiger partial charge is 0.330 e. The second-order valence-corrected chi connectivity index (χ2v) is 2.64. The minimum atomic E-state index is -0.359. The van der Waals surface area contributed by atoms with Gasteiger partial charge in [0.25, 0.3) is 0 Å². The second-order valence-electron chi connectivity index (χ2n) is 2.64. The molecule has 0 saturated heterocycles. The highest BCUT2D eigenvalue weighted by Gasteiger charge is 1.86. The van der Waals surface area contributed by atoms with E-state index in [9.17, 15) is 14.4 Å². The molecule has 0 saturated carbocycles. The second kappa shape index (κ2) is 18.9. The van der Waals surface area contributed by atoms with Crippen LogP contribution in [0, 0.1) is 0 Å². The van der Waals surface area contributed by atoms with Gasteiger partial charge in [-0.1, -0.05) is 19.7 Å². The first-order valence-corrected chi connectivity index (χ1v) is 5.47. The first-order valence-electron chi connectivity index (χ1n) is 5.47. The third-order valence-corrected chi connectivity index (χ3v) is 1.14. The van der Waals surface area contributed by atoms with Gasteiger partial charge in [-0.3, -0.25) is 9.59 Å². The van der Waals surface area contributed by atoms with Crippen LogP contribution in [0.5, 0.6) is 0 Å². The summed E-state index contributed by atoms with van der Waals surface area (Å²) >= 11 is 0. The average Bonchev–Trinajstić information content (AvgIpc) is 2.40. The van der Waals surface area contributed by atoms with Crippen LogP contribution in [0.25, 0.3) is 0 Å². The maximum absolute atomic E-state index is 10.1. The lowest BCUT2D eigenvalue weighted by Crippen LogP contribution is -2.20. The summed E-state index contributed by atoms with van der Waals surface area (Å²) < 4.78 is 8.60. The molecule has 0 radical (unpaired) electrons. The SMILES string of the molecule is C=CC(=O)NCO.C=CC(=O)OCC.C=COC(C)=O. The fourth-order valence-electron chi connectivity index (χ4n) is 0.469. The predicted molar refractivity (Wildman–Crippen MR) is 74.2 cm³/mol. The monoisotopic (exact) mass is 287 g/mol. The number of carbonyl (C=O) groups is 3. The first kappa shape index (κ1) is 22.7. The molecule has 0 aromatic carbocycles. The van der Waals surface area contributed by atoms with E-state index in [2.05, 4.69) is 34.5 Å². The predicted octanol–water partition coefficient (Wildman–Crippen LogP) is 0.667. The Labute approximate surface area is 118 Å². The normalized spacial score (nSPS) is 7.35. The van der Waals surface area contributed by atoms with E-state index in [1.807, 2.05) is 0 Å². The number of hydrogen-bond acceptors (Lipinski definition) is 6.